The second-order valence-corrected chi connectivity index (χ2v) is 5.45. The number of pyridine rings is 1. The van der Waals surface area contributed by atoms with Crippen molar-refractivity contribution >= 4 is 28.2 Å². The van der Waals surface area contributed by atoms with Crippen LogP contribution in [0.2, 0.25) is 0 Å². The van der Waals surface area contributed by atoms with Crippen molar-refractivity contribution in [3.8, 4) is 0 Å². The van der Waals surface area contributed by atoms with E-state index in [0.29, 0.717) is 16.7 Å². The Labute approximate surface area is 115 Å². The van der Waals surface area contributed by atoms with Gasteiger partial charge in [0.25, 0.3) is 0 Å². The van der Waals surface area contributed by atoms with Crippen LogP contribution in [0.25, 0.3) is 22.1 Å². The van der Waals surface area contributed by atoms with E-state index in [0.717, 1.165) is 5.39 Å². The molecule has 0 saturated heterocycles. The largest absolute Gasteiger partial charge is 0.443 e. The summed E-state index contributed by atoms with van der Waals surface area (Å²) in [6.07, 6.45) is 4.26. The van der Waals surface area contributed by atoms with E-state index in [1.165, 1.54) is 10.9 Å². The molecule has 0 radical (unpaired) electrons. The molecule has 3 aromatic heterocycles. The van der Waals surface area contributed by atoms with Crippen LogP contribution in [0.1, 0.15) is 20.8 Å². The second kappa shape index (κ2) is 4.26. The summed E-state index contributed by atoms with van der Waals surface area (Å²) in [7, 11) is 0. The summed E-state index contributed by atoms with van der Waals surface area (Å²) in [6.45, 7) is 5.48. The standard InChI is InChI=1S/C14H14N4O2/c1-14(2,3)20-13(19)18-10-5-4-6-16-11(10)9-7-15-8-17-12(9)18/h4-8H,1-3H3. The van der Waals surface area contributed by atoms with Crippen molar-refractivity contribution in [2.75, 3.05) is 0 Å². The Kier molecular flexibility index (Phi) is 2.67. The molecule has 3 rings (SSSR count). The summed E-state index contributed by atoms with van der Waals surface area (Å²) in [5.41, 5.74) is 1.28. The maximum absolute atomic E-state index is 12.4. The minimum absolute atomic E-state index is 0.468. The molecule has 0 aliphatic carbocycles. The highest BCUT2D eigenvalue weighted by atomic mass is 16.6. The Morgan fingerprint density at radius 2 is 2.10 bits per heavy atom. The van der Waals surface area contributed by atoms with Crippen LogP contribution in [0.15, 0.2) is 30.9 Å². The number of carbonyl (C=O) groups is 1. The number of carbonyl (C=O) groups excluding carboxylic acids is 1. The van der Waals surface area contributed by atoms with Crippen molar-refractivity contribution in [2.45, 2.75) is 26.4 Å². The van der Waals surface area contributed by atoms with Gasteiger partial charge < -0.3 is 4.74 Å². The topological polar surface area (TPSA) is 69.9 Å². The third-order valence-electron chi connectivity index (χ3n) is 2.76. The Morgan fingerprint density at radius 3 is 2.85 bits per heavy atom. The first-order chi connectivity index (χ1) is 9.47. The Morgan fingerprint density at radius 1 is 1.30 bits per heavy atom. The van der Waals surface area contributed by atoms with E-state index in [4.69, 9.17) is 4.74 Å². The third kappa shape index (κ3) is 1.99. The fourth-order valence-electron chi connectivity index (χ4n) is 2.06. The van der Waals surface area contributed by atoms with Crippen LogP contribution >= 0.6 is 0 Å². The molecule has 6 nitrogen and oxygen atoms in total. The van der Waals surface area contributed by atoms with Gasteiger partial charge in [-0.1, -0.05) is 0 Å². The predicted molar refractivity (Wildman–Crippen MR) is 74.5 cm³/mol. The van der Waals surface area contributed by atoms with Crippen LogP contribution < -0.4 is 0 Å². The average molecular weight is 270 g/mol. The summed E-state index contributed by atoms with van der Waals surface area (Å²) in [6, 6.07) is 3.59. The van der Waals surface area contributed by atoms with E-state index in [-0.39, 0.29) is 0 Å². The molecule has 0 aliphatic heterocycles. The molecule has 0 spiro atoms. The van der Waals surface area contributed by atoms with Gasteiger partial charge in [-0.15, -0.1) is 0 Å². The monoisotopic (exact) mass is 270 g/mol. The molecule has 3 aromatic rings. The maximum Gasteiger partial charge on any atom is 0.420 e. The van der Waals surface area contributed by atoms with Crippen LogP contribution in [0.4, 0.5) is 4.79 Å². The lowest BCUT2D eigenvalue weighted by Crippen LogP contribution is -2.27. The van der Waals surface area contributed by atoms with E-state index >= 15 is 0 Å². The highest BCUT2D eigenvalue weighted by molar-refractivity contribution is 6.08. The summed E-state index contributed by atoms with van der Waals surface area (Å²) in [4.78, 5) is 24.9. The molecule has 0 atom stereocenters. The number of nitrogens with zero attached hydrogens (tertiary/aromatic N) is 4. The molecule has 0 saturated carbocycles. The molecular formula is C14H14N4O2. The molecule has 20 heavy (non-hydrogen) atoms. The molecular weight excluding hydrogens is 256 g/mol. The molecule has 0 aromatic carbocycles. The highest BCUT2D eigenvalue weighted by Gasteiger charge is 2.23. The van der Waals surface area contributed by atoms with Gasteiger partial charge in [0.1, 0.15) is 11.9 Å². The predicted octanol–water partition coefficient (Wildman–Crippen LogP) is 2.76. The number of rotatable bonds is 0. The van der Waals surface area contributed by atoms with E-state index in [2.05, 4.69) is 15.0 Å². The smallest absolute Gasteiger partial charge is 0.420 e. The van der Waals surface area contributed by atoms with Crippen molar-refractivity contribution in [1.82, 2.24) is 19.5 Å². The SMILES string of the molecule is CC(C)(C)OC(=O)n1c2cccnc2c2cncnc21. The molecule has 0 aliphatic rings. The van der Waals surface area contributed by atoms with Crippen LogP contribution in [-0.2, 0) is 4.74 Å². The van der Waals surface area contributed by atoms with E-state index in [1.54, 1.807) is 18.5 Å². The van der Waals surface area contributed by atoms with Gasteiger partial charge in [0, 0.05) is 12.4 Å². The molecule has 0 bridgehead atoms. The Balaban J connectivity index is 2.29. The van der Waals surface area contributed by atoms with Crippen molar-refractivity contribution in [3.63, 3.8) is 0 Å². The Bertz CT molecular complexity index is 748. The van der Waals surface area contributed by atoms with Crippen LogP contribution in [0.5, 0.6) is 0 Å². The van der Waals surface area contributed by atoms with Gasteiger partial charge in [-0.05, 0) is 32.9 Å². The zero-order chi connectivity index (χ0) is 14.3. The first-order valence-corrected chi connectivity index (χ1v) is 6.26. The lowest BCUT2D eigenvalue weighted by atomic mass is 10.2. The lowest BCUT2D eigenvalue weighted by molar-refractivity contribution is 0.0550. The number of aromatic nitrogens is 4. The van der Waals surface area contributed by atoms with E-state index in [9.17, 15) is 4.79 Å². The number of hydrogen-bond donors (Lipinski definition) is 0. The molecule has 0 unspecified atom stereocenters. The summed E-state index contributed by atoms with van der Waals surface area (Å²) >= 11 is 0. The fourth-order valence-corrected chi connectivity index (χ4v) is 2.06. The highest BCUT2D eigenvalue weighted by Crippen LogP contribution is 2.25. The number of hydrogen-bond acceptors (Lipinski definition) is 5. The molecule has 6 heteroatoms. The molecule has 0 N–H and O–H groups in total. The quantitative estimate of drug-likeness (QED) is 0.628. The second-order valence-electron chi connectivity index (χ2n) is 5.45. The molecule has 0 fully saturated rings. The van der Waals surface area contributed by atoms with Gasteiger partial charge in [0.2, 0.25) is 0 Å². The average Bonchev–Trinajstić information content (AvgIpc) is 2.71. The van der Waals surface area contributed by atoms with Gasteiger partial charge in [-0.3, -0.25) is 4.98 Å². The van der Waals surface area contributed by atoms with E-state index in [1.807, 2.05) is 26.8 Å². The third-order valence-corrected chi connectivity index (χ3v) is 2.76. The number of ether oxygens (including phenoxy) is 1. The summed E-state index contributed by atoms with van der Waals surface area (Å²) in [5.74, 6) is 0. The zero-order valence-electron chi connectivity index (χ0n) is 11.5. The summed E-state index contributed by atoms with van der Waals surface area (Å²) < 4.78 is 6.87. The zero-order valence-corrected chi connectivity index (χ0v) is 11.5. The van der Waals surface area contributed by atoms with Crippen molar-refractivity contribution < 1.29 is 9.53 Å². The minimum Gasteiger partial charge on any atom is -0.443 e. The molecule has 0 amide bonds. The first-order valence-electron chi connectivity index (χ1n) is 6.26. The fraction of sp³-hybridized carbons (Fsp3) is 0.286. The maximum atomic E-state index is 12.4. The van der Waals surface area contributed by atoms with Crippen molar-refractivity contribution in [3.05, 3.63) is 30.9 Å². The minimum atomic E-state index is -0.574. The first kappa shape index (κ1) is 12.5. The van der Waals surface area contributed by atoms with Gasteiger partial charge in [-0.2, -0.15) is 0 Å². The summed E-state index contributed by atoms with van der Waals surface area (Å²) in [5, 5.41) is 0.731. The van der Waals surface area contributed by atoms with Crippen molar-refractivity contribution in [2.24, 2.45) is 0 Å². The van der Waals surface area contributed by atoms with Gasteiger partial charge in [-0.25, -0.2) is 19.3 Å². The lowest BCUT2D eigenvalue weighted by Gasteiger charge is -2.19. The van der Waals surface area contributed by atoms with Crippen LogP contribution in [-0.4, -0.2) is 31.2 Å². The van der Waals surface area contributed by atoms with Gasteiger partial charge in [0.15, 0.2) is 5.65 Å². The van der Waals surface area contributed by atoms with E-state index < -0.39 is 11.7 Å². The molecule has 3 heterocycles. The molecule has 102 valence electrons. The van der Waals surface area contributed by atoms with Gasteiger partial charge >= 0.3 is 6.09 Å². The number of fused-ring (bicyclic) bond motifs is 3. The Hall–Kier alpha value is -2.50. The van der Waals surface area contributed by atoms with Crippen LogP contribution in [0, 0.1) is 0 Å². The van der Waals surface area contributed by atoms with Crippen LogP contribution in [0.3, 0.4) is 0 Å². The van der Waals surface area contributed by atoms with Gasteiger partial charge in [0.05, 0.1) is 16.4 Å². The van der Waals surface area contributed by atoms with Crippen molar-refractivity contribution in [1.29, 1.82) is 0 Å². The normalized spacial score (nSPS) is 11.9.